The van der Waals surface area contributed by atoms with Crippen LogP contribution in [0.25, 0.3) is 11.3 Å². The molecule has 0 atom stereocenters. The predicted octanol–water partition coefficient (Wildman–Crippen LogP) is 6.41. The van der Waals surface area contributed by atoms with Crippen LogP contribution in [-0.2, 0) is 17.9 Å². The maximum atomic E-state index is 6.49. The molecule has 0 unspecified atom stereocenters. The lowest BCUT2D eigenvalue weighted by molar-refractivity contribution is 0.184. The molecular formula is C21H25ClN2O2S2. The lowest BCUT2D eigenvalue weighted by Crippen LogP contribution is -2.23. The fourth-order valence-corrected chi connectivity index (χ4v) is 5.17. The number of anilines is 1. The summed E-state index contributed by atoms with van der Waals surface area (Å²) in [6, 6.07) is 7.88. The van der Waals surface area contributed by atoms with Gasteiger partial charge in [-0.1, -0.05) is 18.5 Å². The van der Waals surface area contributed by atoms with E-state index in [0.717, 1.165) is 46.5 Å². The van der Waals surface area contributed by atoms with Crippen molar-refractivity contribution in [3.63, 3.8) is 0 Å². The molecular weight excluding hydrogens is 412 g/mol. The zero-order valence-electron chi connectivity index (χ0n) is 16.6. The number of methoxy groups -OCH3 is 2. The van der Waals surface area contributed by atoms with Gasteiger partial charge in [0.25, 0.3) is 0 Å². The Morgan fingerprint density at radius 1 is 1.21 bits per heavy atom. The number of halogens is 1. The molecule has 2 heterocycles. The predicted molar refractivity (Wildman–Crippen MR) is 120 cm³/mol. The Bertz CT molecular complexity index is 923. The molecule has 0 amide bonds. The molecule has 0 N–H and O–H groups in total. The minimum Gasteiger partial charge on any atom is -0.497 e. The second kappa shape index (κ2) is 9.74. The molecule has 0 aliphatic heterocycles. The Morgan fingerprint density at radius 2 is 2.04 bits per heavy atom. The SMILES string of the molecule is CCCN(Cc1sccc1COC)c1nc(-c2ccc(OC)cc2Cl)c(C)s1. The van der Waals surface area contributed by atoms with E-state index in [1.54, 1.807) is 36.9 Å². The van der Waals surface area contributed by atoms with E-state index >= 15 is 0 Å². The lowest BCUT2D eigenvalue weighted by atomic mass is 10.1. The van der Waals surface area contributed by atoms with Crippen molar-refractivity contribution in [3.8, 4) is 17.0 Å². The molecule has 7 heteroatoms. The summed E-state index contributed by atoms with van der Waals surface area (Å²) in [6.45, 7) is 6.73. The van der Waals surface area contributed by atoms with Crippen molar-refractivity contribution in [1.29, 1.82) is 0 Å². The van der Waals surface area contributed by atoms with Crippen LogP contribution < -0.4 is 9.64 Å². The number of thiophene rings is 1. The minimum absolute atomic E-state index is 0.641. The van der Waals surface area contributed by atoms with Gasteiger partial charge in [-0.2, -0.15) is 0 Å². The molecule has 0 saturated heterocycles. The van der Waals surface area contributed by atoms with Crippen LogP contribution in [0.1, 0.15) is 28.7 Å². The molecule has 0 aliphatic carbocycles. The molecule has 0 radical (unpaired) electrons. The number of benzene rings is 1. The summed E-state index contributed by atoms with van der Waals surface area (Å²) in [5, 5.41) is 3.81. The van der Waals surface area contributed by atoms with Crippen LogP contribution in [0.2, 0.25) is 5.02 Å². The highest BCUT2D eigenvalue weighted by Crippen LogP contribution is 2.38. The number of rotatable bonds is 9. The standard InChI is InChI=1S/C21H25ClN2O2S2/c1-5-9-24(12-19-15(13-25-3)8-10-27-19)21-23-20(14(2)28-21)17-7-6-16(26-4)11-18(17)22/h6-8,10-11H,5,9,12-13H2,1-4H3. The summed E-state index contributed by atoms with van der Waals surface area (Å²) in [4.78, 5) is 9.80. The van der Waals surface area contributed by atoms with Gasteiger partial charge in [0, 0.05) is 29.0 Å². The van der Waals surface area contributed by atoms with Crippen molar-refractivity contribution >= 4 is 39.4 Å². The lowest BCUT2D eigenvalue weighted by Gasteiger charge is -2.21. The van der Waals surface area contributed by atoms with Crippen molar-refractivity contribution in [1.82, 2.24) is 4.98 Å². The largest absolute Gasteiger partial charge is 0.497 e. The van der Waals surface area contributed by atoms with Crippen LogP contribution in [0.5, 0.6) is 5.75 Å². The van der Waals surface area contributed by atoms with Gasteiger partial charge in [0.15, 0.2) is 5.13 Å². The van der Waals surface area contributed by atoms with Crippen molar-refractivity contribution in [2.24, 2.45) is 0 Å². The van der Waals surface area contributed by atoms with E-state index in [1.807, 2.05) is 18.2 Å². The zero-order valence-corrected chi connectivity index (χ0v) is 19.0. The molecule has 0 aliphatic rings. The average molecular weight is 437 g/mol. The number of hydrogen-bond donors (Lipinski definition) is 0. The van der Waals surface area contributed by atoms with Crippen molar-refractivity contribution in [2.75, 3.05) is 25.7 Å². The van der Waals surface area contributed by atoms with E-state index in [9.17, 15) is 0 Å². The summed E-state index contributed by atoms with van der Waals surface area (Å²) in [5.41, 5.74) is 3.13. The van der Waals surface area contributed by atoms with E-state index in [0.29, 0.717) is 11.6 Å². The van der Waals surface area contributed by atoms with Crippen LogP contribution >= 0.6 is 34.3 Å². The van der Waals surface area contributed by atoms with E-state index in [4.69, 9.17) is 26.1 Å². The molecule has 2 aromatic heterocycles. The number of aromatic nitrogens is 1. The molecule has 0 bridgehead atoms. The van der Waals surface area contributed by atoms with E-state index < -0.39 is 0 Å². The van der Waals surface area contributed by atoms with Gasteiger partial charge in [-0.25, -0.2) is 4.98 Å². The molecule has 0 fully saturated rings. The van der Waals surface area contributed by atoms with Gasteiger partial charge in [-0.15, -0.1) is 22.7 Å². The van der Waals surface area contributed by atoms with Crippen LogP contribution in [-0.4, -0.2) is 25.7 Å². The Kier molecular flexibility index (Phi) is 7.35. The van der Waals surface area contributed by atoms with Gasteiger partial charge in [0.1, 0.15) is 5.75 Å². The van der Waals surface area contributed by atoms with Gasteiger partial charge in [-0.05, 0) is 48.6 Å². The molecule has 4 nitrogen and oxygen atoms in total. The highest BCUT2D eigenvalue weighted by molar-refractivity contribution is 7.16. The first-order valence-electron chi connectivity index (χ1n) is 9.17. The Morgan fingerprint density at radius 3 is 2.71 bits per heavy atom. The second-order valence-electron chi connectivity index (χ2n) is 6.47. The van der Waals surface area contributed by atoms with Crippen molar-refractivity contribution in [3.05, 3.63) is 50.0 Å². The minimum atomic E-state index is 0.641. The topological polar surface area (TPSA) is 34.6 Å². The average Bonchev–Trinajstić information content (AvgIpc) is 3.28. The second-order valence-corrected chi connectivity index (χ2v) is 9.06. The summed E-state index contributed by atoms with van der Waals surface area (Å²) < 4.78 is 10.6. The first-order valence-corrected chi connectivity index (χ1v) is 11.2. The summed E-state index contributed by atoms with van der Waals surface area (Å²) in [7, 11) is 3.38. The first-order chi connectivity index (χ1) is 13.6. The highest BCUT2D eigenvalue weighted by atomic mass is 35.5. The number of aryl methyl sites for hydroxylation is 1. The van der Waals surface area contributed by atoms with Gasteiger partial charge in [0.05, 0.1) is 31.0 Å². The third-order valence-electron chi connectivity index (χ3n) is 4.45. The molecule has 28 heavy (non-hydrogen) atoms. The smallest absolute Gasteiger partial charge is 0.186 e. The Labute approximate surface area is 179 Å². The quantitative estimate of drug-likeness (QED) is 0.388. The van der Waals surface area contributed by atoms with E-state index in [-0.39, 0.29) is 0 Å². The van der Waals surface area contributed by atoms with Crippen LogP contribution in [0.15, 0.2) is 29.6 Å². The number of thiazole rings is 1. The summed E-state index contributed by atoms with van der Waals surface area (Å²) in [6.07, 6.45) is 1.06. The Balaban J connectivity index is 1.90. The fraction of sp³-hybridized carbons (Fsp3) is 0.381. The van der Waals surface area contributed by atoms with Crippen LogP contribution in [0, 0.1) is 6.92 Å². The van der Waals surface area contributed by atoms with E-state index in [1.165, 1.54) is 10.4 Å². The molecule has 0 spiro atoms. The Hall–Kier alpha value is -1.60. The summed E-state index contributed by atoms with van der Waals surface area (Å²) >= 11 is 9.98. The highest BCUT2D eigenvalue weighted by Gasteiger charge is 2.19. The third-order valence-corrected chi connectivity index (χ3v) is 6.74. The monoisotopic (exact) mass is 436 g/mol. The van der Waals surface area contributed by atoms with Crippen LogP contribution in [0.4, 0.5) is 5.13 Å². The molecule has 3 aromatic rings. The molecule has 0 saturated carbocycles. The number of nitrogens with zero attached hydrogens (tertiary/aromatic N) is 2. The van der Waals surface area contributed by atoms with Gasteiger partial charge >= 0.3 is 0 Å². The summed E-state index contributed by atoms with van der Waals surface area (Å²) in [5.74, 6) is 0.748. The van der Waals surface area contributed by atoms with Gasteiger partial charge in [0.2, 0.25) is 0 Å². The normalized spacial score (nSPS) is 11.0. The van der Waals surface area contributed by atoms with Gasteiger partial charge in [-0.3, -0.25) is 0 Å². The molecule has 150 valence electrons. The number of ether oxygens (including phenoxy) is 2. The number of hydrogen-bond acceptors (Lipinski definition) is 6. The van der Waals surface area contributed by atoms with Crippen LogP contribution in [0.3, 0.4) is 0 Å². The van der Waals surface area contributed by atoms with E-state index in [2.05, 4.69) is 30.2 Å². The maximum absolute atomic E-state index is 6.49. The van der Waals surface area contributed by atoms with Crippen molar-refractivity contribution < 1.29 is 9.47 Å². The fourth-order valence-electron chi connectivity index (χ4n) is 3.06. The van der Waals surface area contributed by atoms with Gasteiger partial charge < -0.3 is 14.4 Å². The first kappa shape index (κ1) is 21.1. The molecule has 1 aromatic carbocycles. The third kappa shape index (κ3) is 4.69. The van der Waals surface area contributed by atoms with Crippen molar-refractivity contribution in [2.45, 2.75) is 33.4 Å². The molecule has 3 rings (SSSR count). The maximum Gasteiger partial charge on any atom is 0.186 e. The zero-order chi connectivity index (χ0) is 20.1.